The standard InChI is InChI=1S/C14H16N6O2/c1-8(2)6-15-11-3-4-20-12(18-11)9(7-16-20)5-10-13(21)19-14(22)17-10/h3-5,7-8H,6H2,1-2H3,(H,15,18)(H2,17,19,21,22)/b10-5-. The molecule has 22 heavy (non-hydrogen) atoms. The average molecular weight is 300 g/mol. The molecule has 3 rings (SSSR count). The van der Waals surface area contributed by atoms with Gasteiger partial charge in [-0.05, 0) is 18.1 Å². The van der Waals surface area contributed by atoms with E-state index in [2.05, 4.69) is 39.9 Å². The number of carbonyl (C=O) groups excluding carboxylic acids is 2. The maximum absolute atomic E-state index is 11.6. The smallest absolute Gasteiger partial charge is 0.326 e. The molecule has 8 nitrogen and oxygen atoms in total. The third-order valence-corrected chi connectivity index (χ3v) is 3.11. The van der Waals surface area contributed by atoms with Crippen LogP contribution in [-0.4, -0.2) is 33.1 Å². The Labute approximate surface area is 126 Å². The van der Waals surface area contributed by atoms with E-state index >= 15 is 0 Å². The molecule has 0 saturated carbocycles. The number of imide groups is 1. The second-order valence-electron chi connectivity index (χ2n) is 5.42. The lowest BCUT2D eigenvalue weighted by Crippen LogP contribution is -2.22. The first-order chi connectivity index (χ1) is 10.5. The van der Waals surface area contributed by atoms with Crippen molar-refractivity contribution in [1.82, 2.24) is 25.2 Å². The number of carbonyl (C=O) groups is 2. The van der Waals surface area contributed by atoms with Crippen molar-refractivity contribution >= 4 is 29.5 Å². The molecule has 114 valence electrons. The van der Waals surface area contributed by atoms with Crippen molar-refractivity contribution in [2.24, 2.45) is 5.92 Å². The summed E-state index contributed by atoms with van der Waals surface area (Å²) in [5, 5.41) is 12.0. The molecule has 0 radical (unpaired) electrons. The summed E-state index contributed by atoms with van der Waals surface area (Å²) in [6, 6.07) is 1.31. The fraction of sp³-hybridized carbons (Fsp3) is 0.286. The number of rotatable bonds is 4. The molecule has 3 amide bonds. The number of hydrogen-bond acceptors (Lipinski definition) is 5. The Kier molecular flexibility index (Phi) is 3.50. The van der Waals surface area contributed by atoms with E-state index in [0.717, 1.165) is 12.4 Å². The van der Waals surface area contributed by atoms with Gasteiger partial charge in [0, 0.05) is 18.3 Å². The molecular formula is C14H16N6O2. The molecule has 0 aromatic carbocycles. The largest absolute Gasteiger partial charge is 0.370 e. The molecule has 0 spiro atoms. The SMILES string of the molecule is CC(C)CNc1ccn2ncc(/C=C3\NC(=O)NC3=O)c2n1. The molecule has 0 atom stereocenters. The van der Waals surface area contributed by atoms with Crippen molar-refractivity contribution in [3.8, 4) is 0 Å². The van der Waals surface area contributed by atoms with Crippen molar-refractivity contribution in [3.05, 3.63) is 29.7 Å². The number of hydrogen-bond donors (Lipinski definition) is 3. The van der Waals surface area contributed by atoms with Crippen LogP contribution in [0, 0.1) is 5.92 Å². The van der Waals surface area contributed by atoms with Crippen molar-refractivity contribution < 1.29 is 9.59 Å². The van der Waals surface area contributed by atoms with E-state index in [9.17, 15) is 9.59 Å². The van der Waals surface area contributed by atoms with E-state index in [1.54, 1.807) is 23.0 Å². The molecule has 0 unspecified atom stereocenters. The molecule has 2 aromatic rings. The molecule has 1 aliphatic rings. The Hall–Kier alpha value is -2.90. The Bertz CT molecular complexity index is 777. The summed E-state index contributed by atoms with van der Waals surface area (Å²) in [5.41, 5.74) is 1.44. The predicted octanol–water partition coefficient (Wildman–Crippen LogP) is 0.977. The molecule has 3 N–H and O–H groups in total. The molecule has 3 heterocycles. The van der Waals surface area contributed by atoms with Crippen LogP contribution < -0.4 is 16.0 Å². The summed E-state index contributed by atoms with van der Waals surface area (Å²) in [4.78, 5) is 27.2. The van der Waals surface area contributed by atoms with Crippen LogP contribution in [0.1, 0.15) is 19.4 Å². The first-order valence-electron chi connectivity index (χ1n) is 6.95. The molecule has 0 aliphatic carbocycles. The Morgan fingerprint density at radius 3 is 2.86 bits per heavy atom. The Morgan fingerprint density at radius 2 is 2.18 bits per heavy atom. The summed E-state index contributed by atoms with van der Waals surface area (Å²) in [6.07, 6.45) is 4.95. The van der Waals surface area contributed by atoms with E-state index in [1.807, 2.05) is 6.07 Å². The third-order valence-electron chi connectivity index (χ3n) is 3.11. The maximum Gasteiger partial charge on any atom is 0.326 e. The van der Waals surface area contributed by atoms with Gasteiger partial charge in [-0.3, -0.25) is 10.1 Å². The number of nitrogens with zero attached hydrogens (tertiary/aromatic N) is 3. The van der Waals surface area contributed by atoms with Gasteiger partial charge >= 0.3 is 6.03 Å². The minimum absolute atomic E-state index is 0.183. The lowest BCUT2D eigenvalue weighted by molar-refractivity contribution is -0.115. The Morgan fingerprint density at radius 1 is 1.36 bits per heavy atom. The lowest BCUT2D eigenvalue weighted by atomic mass is 10.2. The summed E-state index contributed by atoms with van der Waals surface area (Å²) >= 11 is 0. The number of aromatic nitrogens is 3. The average Bonchev–Trinajstić information content (AvgIpc) is 3.00. The van der Waals surface area contributed by atoms with E-state index < -0.39 is 11.9 Å². The maximum atomic E-state index is 11.6. The van der Waals surface area contributed by atoms with Gasteiger partial charge in [-0.1, -0.05) is 13.8 Å². The highest BCUT2D eigenvalue weighted by Crippen LogP contribution is 2.15. The van der Waals surface area contributed by atoms with Crippen LogP contribution in [-0.2, 0) is 4.79 Å². The first-order valence-corrected chi connectivity index (χ1v) is 6.95. The molecule has 1 aliphatic heterocycles. The molecular weight excluding hydrogens is 284 g/mol. The van der Waals surface area contributed by atoms with Crippen molar-refractivity contribution in [2.75, 3.05) is 11.9 Å². The number of fused-ring (bicyclic) bond motifs is 1. The minimum atomic E-state index is -0.528. The van der Waals surface area contributed by atoms with Gasteiger partial charge in [0.05, 0.1) is 6.20 Å². The van der Waals surface area contributed by atoms with Gasteiger partial charge in [-0.15, -0.1) is 0 Å². The Balaban J connectivity index is 1.93. The monoisotopic (exact) mass is 300 g/mol. The van der Waals surface area contributed by atoms with Crippen molar-refractivity contribution in [1.29, 1.82) is 0 Å². The summed E-state index contributed by atoms with van der Waals surface area (Å²) in [5.74, 6) is 0.779. The van der Waals surface area contributed by atoms with Crippen LogP contribution in [0.4, 0.5) is 10.6 Å². The fourth-order valence-electron chi connectivity index (χ4n) is 2.03. The number of nitrogens with one attached hydrogen (secondary N) is 3. The predicted molar refractivity (Wildman–Crippen MR) is 81.0 cm³/mol. The van der Waals surface area contributed by atoms with Gasteiger partial charge < -0.3 is 10.6 Å². The molecule has 1 saturated heterocycles. The van der Waals surface area contributed by atoms with Gasteiger partial charge in [-0.25, -0.2) is 14.3 Å². The second-order valence-corrected chi connectivity index (χ2v) is 5.42. The normalized spacial score (nSPS) is 16.4. The first kappa shape index (κ1) is 14.1. The zero-order chi connectivity index (χ0) is 15.7. The van der Waals surface area contributed by atoms with Gasteiger partial charge in [0.1, 0.15) is 11.5 Å². The zero-order valence-electron chi connectivity index (χ0n) is 12.3. The van der Waals surface area contributed by atoms with Gasteiger partial charge in [0.25, 0.3) is 5.91 Å². The van der Waals surface area contributed by atoms with E-state index in [-0.39, 0.29) is 5.70 Å². The molecule has 8 heteroatoms. The van der Waals surface area contributed by atoms with Crippen LogP contribution in [0.3, 0.4) is 0 Å². The number of anilines is 1. The number of urea groups is 1. The molecule has 2 aromatic heterocycles. The summed E-state index contributed by atoms with van der Waals surface area (Å²) in [7, 11) is 0. The van der Waals surface area contributed by atoms with Crippen LogP contribution in [0.2, 0.25) is 0 Å². The van der Waals surface area contributed by atoms with Gasteiger partial charge in [0.15, 0.2) is 5.65 Å². The number of amides is 3. The highest BCUT2D eigenvalue weighted by molar-refractivity contribution is 6.14. The fourth-order valence-corrected chi connectivity index (χ4v) is 2.03. The van der Waals surface area contributed by atoms with Crippen molar-refractivity contribution in [3.63, 3.8) is 0 Å². The zero-order valence-corrected chi connectivity index (χ0v) is 12.3. The van der Waals surface area contributed by atoms with Crippen LogP contribution in [0.15, 0.2) is 24.2 Å². The van der Waals surface area contributed by atoms with E-state index in [4.69, 9.17) is 0 Å². The third kappa shape index (κ3) is 2.76. The van der Waals surface area contributed by atoms with Crippen LogP contribution in [0.5, 0.6) is 0 Å². The summed E-state index contributed by atoms with van der Waals surface area (Å²) < 4.78 is 1.61. The molecule has 1 fully saturated rings. The van der Waals surface area contributed by atoms with E-state index in [0.29, 0.717) is 17.1 Å². The molecule has 0 bridgehead atoms. The van der Waals surface area contributed by atoms with Crippen LogP contribution >= 0.6 is 0 Å². The minimum Gasteiger partial charge on any atom is -0.370 e. The van der Waals surface area contributed by atoms with Crippen molar-refractivity contribution in [2.45, 2.75) is 13.8 Å². The quantitative estimate of drug-likeness (QED) is 0.577. The van der Waals surface area contributed by atoms with Gasteiger partial charge in [-0.2, -0.15) is 5.10 Å². The summed E-state index contributed by atoms with van der Waals surface area (Å²) in [6.45, 7) is 5.04. The van der Waals surface area contributed by atoms with Gasteiger partial charge in [0.2, 0.25) is 0 Å². The topological polar surface area (TPSA) is 100 Å². The van der Waals surface area contributed by atoms with E-state index in [1.165, 1.54) is 0 Å². The van der Waals surface area contributed by atoms with Crippen LogP contribution in [0.25, 0.3) is 11.7 Å². The highest BCUT2D eigenvalue weighted by atomic mass is 16.2. The lowest BCUT2D eigenvalue weighted by Gasteiger charge is -2.08. The second kappa shape index (κ2) is 5.47. The highest BCUT2D eigenvalue weighted by Gasteiger charge is 2.23.